The number of carbonyl (C=O) groups excluding carboxylic acids is 1. The van der Waals surface area contributed by atoms with E-state index >= 15 is 0 Å². The number of amides is 1. The topological polar surface area (TPSA) is 64.7 Å². The van der Waals surface area contributed by atoms with Gasteiger partial charge < -0.3 is 5.32 Å². The fourth-order valence-corrected chi connectivity index (χ4v) is 4.55. The van der Waals surface area contributed by atoms with Gasteiger partial charge in [-0.3, -0.25) is 9.47 Å². The van der Waals surface area contributed by atoms with E-state index in [4.69, 9.17) is 0 Å². The summed E-state index contributed by atoms with van der Waals surface area (Å²) >= 11 is 1.42. The monoisotopic (exact) mass is 409 g/mol. The van der Waals surface area contributed by atoms with E-state index in [-0.39, 0.29) is 5.91 Å². The highest BCUT2D eigenvalue weighted by atomic mass is 32.2. The standard InChI is InChI=1S/C22H27N5OS/c1-2-17-10-12-19(13-11-17)23-20(28)16-29-22-25-24-21(18-8-4-3-5-9-18)27(22)26-14-6-7-15-26/h6-7,10-15,18H,2-5,8-9,16H2,1H3,(H,23,28). The molecule has 0 radical (unpaired) electrons. The summed E-state index contributed by atoms with van der Waals surface area (Å²) in [5.74, 6) is 1.68. The highest BCUT2D eigenvalue weighted by Crippen LogP contribution is 2.33. The number of hydrogen-bond acceptors (Lipinski definition) is 4. The van der Waals surface area contributed by atoms with Crippen LogP contribution in [0.2, 0.25) is 0 Å². The summed E-state index contributed by atoms with van der Waals surface area (Å²) in [6.45, 7) is 2.12. The number of nitrogens with one attached hydrogen (secondary N) is 1. The van der Waals surface area contributed by atoms with Gasteiger partial charge in [0, 0.05) is 24.0 Å². The number of rotatable bonds is 7. The van der Waals surface area contributed by atoms with Gasteiger partial charge in [0.2, 0.25) is 11.1 Å². The van der Waals surface area contributed by atoms with E-state index < -0.39 is 0 Å². The van der Waals surface area contributed by atoms with Gasteiger partial charge in [0.1, 0.15) is 0 Å². The molecule has 1 N–H and O–H groups in total. The van der Waals surface area contributed by atoms with Crippen LogP contribution in [0.25, 0.3) is 0 Å². The minimum absolute atomic E-state index is 0.0412. The molecule has 1 fully saturated rings. The van der Waals surface area contributed by atoms with Crippen molar-refractivity contribution in [3.05, 3.63) is 60.2 Å². The third-order valence-electron chi connectivity index (χ3n) is 5.40. The van der Waals surface area contributed by atoms with Crippen LogP contribution >= 0.6 is 11.8 Å². The summed E-state index contributed by atoms with van der Waals surface area (Å²) in [5.41, 5.74) is 2.08. The predicted octanol–water partition coefficient (Wildman–Crippen LogP) is 4.73. The average Bonchev–Trinajstić information content (AvgIpc) is 3.43. The molecule has 0 saturated heterocycles. The summed E-state index contributed by atoms with van der Waals surface area (Å²) in [4.78, 5) is 12.5. The predicted molar refractivity (Wildman–Crippen MR) is 116 cm³/mol. The van der Waals surface area contributed by atoms with Crippen molar-refractivity contribution < 1.29 is 4.79 Å². The normalized spacial score (nSPS) is 14.8. The molecule has 1 aliphatic carbocycles. The first-order chi connectivity index (χ1) is 14.2. The molecule has 0 unspecified atom stereocenters. The van der Waals surface area contributed by atoms with Crippen molar-refractivity contribution >= 4 is 23.4 Å². The molecule has 0 atom stereocenters. The zero-order valence-electron chi connectivity index (χ0n) is 16.8. The van der Waals surface area contributed by atoms with Gasteiger partial charge in [-0.2, -0.15) is 0 Å². The highest BCUT2D eigenvalue weighted by molar-refractivity contribution is 7.99. The number of thioether (sulfide) groups is 1. The highest BCUT2D eigenvalue weighted by Gasteiger charge is 2.24. The zero-order chi connectivity index (χ0) is 20.1. The molecule has 7 heteroatoms. The van der Waals surface area contributed by atoms with Gasteiger partial charge in [-0.1, -0.05) is 50.1 Å². The Balaban J connectivity index is 1.46. The first-order valence-electron chi connectivity index (χ1n) is 10.3. The zero-order valence-corrected chi connectivity index (χ0v) is 17.6. The van der Waals surface area contributed by atoms with Gasteiger partial charge in [-0.05, 0) is 49.1 Å². The number of hydrogen-bond donors (Lipinski definition) is 1. The second-order valence-electron chi connectivity index (χ2n) is 7.44. The lowest BCUT2D eigenvalue weighted by Gasteiger charge is -2.22. The van der Waals surface area contributed by atoms with Crippen LogP contribution in [0.1, 0.15) is 56.3 Å². The maximum atomic E-state index is 12.5. The van der Waals surface area contributed by atoms with Gasteiger partial charge in [0.25, 0.3) is 0 Å². The van der Waals surface area contributed by atoms with E-state index in [1.807, 2.05) is 53.5 Å². The fraction of sp³-hybridized carbons (Fsp3) is 0.409. The molecule has 0 aliphatic heterocycles. The van der Waals surface area contributed by atoms with Crippen LogP contribution in [0.5, 0.6) is 0 Å². The molecule has 6 nitrogen and oxygen atoms in total. The van der Waals surface area contributed by atoms with Crippen LogP contribution in [0, 0.1) is 0 Å². The van der Waals surface area contributed by atoms with Crippen molar-refractivity contribution in [2.24, 2.45) is 0 Å². The molecule has 1 aromatic carbocycles. The number of benzene rings is 1. The van der Waals surface area contributed by atoms with Crippen LogP contribution < -0.4 is 5.32 Å². The first-order valence-corrected chi connectivity index (χ1v) is 11.3. The molecule has 152 valence electrons. The van der Waals surface area contributed by atoms with E-state index in [0.29, 0.717) is 11.7 Å². The maximum Gasteiger partial charge on any atom is 0.234 e. The molecular weight excluding hydrogens is 382 g/mol. The molecule has 29 heavy (non-hydrogen) atoms. The molecule has 0 spiro atoms. The van der Waals surface area contributed by atoms with E-state index in [9.17, 15) is 4.79 Å². The average molecular weight is 410 g/mol. The van der Waals surface area contributed by atoms with Gasteiger partial charge in [-0.25, -0.2) is 4.68 Å². The van der Waals surface area contributed by atoms with Crippen LogP contribution in [-0.4, -0.2) is 31.2 Å². The van der Waals surface area contributed by atoms with Crippen LogP contribution in [0.15, 0.2) is 53.9 Å². The molecule has 2 heterocycles. The summed E-state index contributed by atoms with van der Waals surface area (Å²) in [6.07, 6.45) is 11.1. The number of aromatic nitrogens is 4. The molecular formula is C22H27N5OS. The largest absolute Gasteiger partial charge is 0.325 e. The third-order valence-corrected chi connectivity index (χ3v) is 6.32. The molecule has 1 aliphatic rings. The minimum atomic E-state index is -0.0412. The molecule has 0 bridgehead atoms. The van der Waals surface area contributed by atoms with Crippen molar-refractivity contribution in [3.8, 4) is 0 Å². The van der Waals surface area contributed by atoms with E-state index in [1.165, 1.54) is 36.6 Å². The van der Waals surface area contributed by atoms with Gasteiger partial charge in [-0.15, -0.1) is 10.2 Å². The Hall–Kier alpha value is -2.54. The lowest BCUT2D eigenvalue weighted by atomic mass is 9.89. The van der Waals surface area contributed by atoms with Gasteiger partial charge in [0.05, 0.1) is 5.75 Å². The summed E-state index contributed by atoms with van der Waals surface area (Å²) in [6, 6.07) is 12.0. The fourth-order valence-electron chi connectivity index (χ4n) is 3.81. The minimum Gasteiger partial charge on any atom is -0.325 e. The molecule has 2 aromatic heterocycles. The quantitative estimate of drug-likeness (QED) is 0.573. The SMILES string of the molecule is CCc1ccc(NC(=O)CSc2nnc(C3CCCCC3)n2-n2cccc2)cc1. The Bertz CT molecular complexity index is 927. The Morgan fingerprint density at radius 3 is 2.52 bits per heavy atom. The van der Waals surface area contributed by atoms with Crippen molar-refractivity contribution in [1.29, 1.82) is 0 Å². The molecule has 3 aromatic rings. The number of carbonyl (C=O) groups is 1. The van der Waals surface area contributed by atoms with Crippen LogP contribution in [-0.2, 0) is 11.2 Å². The molecule has 4 rings (SSSR count). The Labute approximate surface area is 175 Å². The van der Waals surface area contributed by atoms with Gasteiger partial charge in [0.15, 0.2) is 5.82 Å². The van der Waals surface area contributed by atoms with E-state index in [0.717, 1.165) is 35.9 Å². The Morgan fingerprint density at radius 1 is 1.10 bits per heavy atom. The number of anilines is 1. The summed E-state index contributed by atoms with van der Waals surface area (Å²) in [7, 11) is 0. The smallest absolute Gasteiger partial charge is 0.234 e. The van der Waals surface area contributed by atoms with E-state index in [2.05, 4.69) is 27.1 Å². The van der Waals surface area contributed by atoms with Crippen LogP contribution in [0.3, 0.4) is 0 Å². The third kappa shape index (κ3) is 4.72. The lowest BCUT2D eigenvalue weighted by molar-refractivity contribution is -0.113. The lowest BCUT2D eigenvalue weighted by Crippen LogP contribution is -2.18. The maximum absolute atomic E-state index is 12.5. The van der Waals surface area contributed by atoms with Crippen molar-refractivity contribution in [2.45, 2.75) is 56.5 Å². The first kappa shape index (κ1) is 19.8. The second-order valence-corrected chi connectivity index (χ2v) is 8.38. The molecule has 1 amide bonds. The second kappa shape index (κ2) is 9.31. The van der Waals surface area contributed by atoms with Crippen molar-refractivity contribution in [3.63, 3.8) is 0 Å². The number of nitrogens with zero attached hydrogens (tertiary/aromatic N) is 4. The Kier molecular flexibility index (Phi) is 6.34. The number of aryl methyl sites for hydroxylation is 1. The Morgan fingerprint density at radius 2 is 1.83 bits per heavy atom. The van der Waals surface area contributed by atoms with E-state index in [1.54, 1.807) is 0 Å². The van der Waals surface area contributed by atoms with Crippen molar-refractivity contribution in [1.82, 2.24) is 19.5 Å². The van der Waals surface area contributed by atoms with Gasteiger partial charge >= 0.3 is 0 Å². The van der Waals surface area contributed by atoms with Crippen LogP contribution in [0.4, 0.5) is 5.69 Å². The van der Waals surface area contributed by atoms with Crippen molar-refractivity contribution in [2.75, 3.05) is 11.1 Å². The summed E-state index contributed by atoms with van der Waals surface area (Å²) in [5, 5.41) is 12.7. The molecule has 1 saturated carbocycles. The summed E-state index contributed by atoms with van der Waals surface area (Å²) < 4.78 is 4.07.